The third-order valence-corrected chi connectivity index (χ3v) is 4.42. The number of esters is 1. The van der Waals surface area contributed by atoms with Crippen LogP contribution in [0.2, 0.25) is 0 Å². The van der Waals surface area contributed by atoms with Crippen molar-refractivity contribution in [2.75, 3.05) is 13.1 Å². The van der Waals surface area contributed by atoms with Crippen LogP contribution in [0.15, 0.2) is 12.7 Å². The second kappa shape index (κ2) is 9.34. The summed E-state index contributed by atoms with van der Waals surface area (Å²) in [6, 6.07) is -0.654. The number of hydrogen-bond donors (Lipinski definition) is 2. The van der Waals surface area contributed by atoms with Gasteiger partial charge in [0.15, 0.2) is 0 Å². The van der Waals surface area contributed by atoms with E-state index in [1.807, 2.05) is 25.7 Å². The Balaban J connectivity index is 2.99. The van der Waals surface area contributed by atoms with Crippen molar-refractivity contribution in [2.24, 2.45) is 5.92 Å². The Morgan fingerprint density at radius 2 is 2.08 bits per heavy atom. The molecule has 1 heterocycles. The van der Waals surface area contributed by atoms with Gasteiger partial charge in [0, 0.05) is 19.5 Å². The van der Waals surface area contributed by atoms with Gasteiger partial charge in [0.2, 0.25) is 5.91 Å². The summed E-state index contributed by atoms with van der Waals surface area (Å²) in [5.74, 6) is -0.473. The van der Waals surface area contributed by atoms with Crippen LogP contribution in [0.5, 0.6) is 0 Å². The minimum atomic E-state index is -0.767. The maximum Gasteiger partial charge on any atom is 0.323 e. The van der Waals surface area contributed by atoms with Crippen LogP contribution in [0.1, 0.15) is 53.9 Å². The molecule has 2 N–H and O–H groups in total. The van der Waals surface area contributed by atoms with Gasteiger partial charge in [-0.3, -0.25) is 14.5 Å². The summed E-state index contributed by atoms with van der Waals surface area (Å²) in [5.41, 5.74) is -0.552. The number of ether oxygens (including phenoxy) is 1. The van der Waals surface area contributed by atoms with Crippen LogP contribution in [0.3, 0.4) is 0 Å². The van der Waals surface area contributed by atoms with Gasteiger partial charge in [-0.15, -0.1) is 6.58 Å². The Bertz CT molecular complexity index is 473. The Labute approximate surface area is 151 Å². The molecule has 4 atom stereocenters. The van der Waals surface area contributed by atoms with E-state index in [4.69, 9.17) is 4.74 Å². The predicted octanol–water partition coefficient (Wildman–Crippen LogP) is 1.87. The van der Waals surface area contributed by atoms with Crippen LogP contribution in [-0.4, -0.2) is 58.8 Å². The van der Waals surface area contributed by atoms with Crippen molar-refractivity contribution in [1.82, 2.24) is 10.2 Å². The molecule has 1 aliphatic rings. The van der Waals surface area contributed by atoms with Crippen molar-refractivity contribution in [3.8, 4) is 0 Å². The molecule has 6 heteroatoms. The number of hydrogen-bond acceptors (Lipinski definition) is 5. The van der Waals surface area contributed by atoms with Crippen molar-refractivity contribution in [1.29, 1.82) is 0 Å². The molecule has 0 radical (unpaired) electrons. The smallest absolute Gasteiger partial charge is 0.323 e. The first-order chi connectivity index (χ1) is 11.6. The summed E-state index contributed by atoms with van der Waals surface area (Å²) in [6.45, 7) is 13.8. The highest BCUT2D eigenvalue weighted by molar-refractivity contribution is 5.77. The summed E-state index contributed by atoms with van der Waals surface area (Å²) in [5, 5.41) is 13.3. The van der Waals surface area contributed by atoms with Gasteiger partial charge in [0.1, 0.15) is 11.6 Å². The van der Waals surface area contributed by atoms with Gasteiger partial charge in [-0.25, -0.2) is 0 Å². The number of rotatable bonds is 8. The second-order valence-corrected chi connectivity index (χ2v) is 7.77. The van der Waals surface area contributed by atoms with Crippen molar-refractivity contribution in [2.45, 2.75) is 77.7 Å². The third-order valence-electron chi connectivity index (χ3n) is 4.42. The van der Waals surface area contributed by atoms with Gasteiger partial charge in [-0.1, -0.05) is 19.4 Å². The largest absolute Gasteiger partial charge is 0.459 e. The van der Waals surface area contributed by atoms with Gasteiger partial charge < -0.3 is 15.2 Å². The highest BCUT2D eigenvalue weighted by Gasteiger charge is 2.47. The highest BCUT2D eigenvalue weighted by Crippen LogP contribution is 2.34. The molecule has 25 heavy (non-hydrogen) atoms. The molecule has 0 aromatic heterocycles. The molecule has 1 aliphatic heterocycles. The fraction of sp³-hybridized carbons (Fsp3) is 0.789. The quantitative estimate of drug-likeness (QED) is 0.514. The number of nitrogens with one attached hydrogen (secondary N) is 1. The lowest BCUT2D eigenvalue weighted by Crippen LogP contribution is -2.51. The van der Waals surface area contributed by atoms with Crippen molar-refractivity contribution in [3.05, 3.63) is 12.7 Å². The Hall–Kier alpha value is -1.40. The molecular formula is C19H34N2O4. The zero-order chi connectivity index (χ0) is 19.2. The number of aliphatic hydroxyl groups is 1. The Kier molecular flexibility index (Phi) is 8.09. The topological polar surface area (TPSA) is 78.9 Å². The van der Waals surface area contributed by atoms with E-state index in [9.17, 15) is 14.7 Å². The molecule has 1 fully saturated rings. The minimum Gasteiger partial charge on any atom is -0.459 e. The summed E-state index contributed by atoms with van der Waals surface area (Å²) in [6.07, 6.45) is 3.52. The molecule has 0 aromatic rings. The average molecular weight is 354 g/mol. The van der Waals surface area contributed by atoms with Crippen molar-refractivity contribution in [3.63, 3.8) is 0 Å². The van der Waals surface area contributed by atoms with Crippen LogP contribution in [0, 0.1) is 5.92 Å². The van der Waals surface area contributed by atoms with E-state index in [-0.39, 0.29) is 30.4 Å². The molecule has 144 valence electrons. The molecule has 1 saturated heterocycles. The van der Waals surface area contributed by atoms with E-state index in [1.54, 1.807) is 6.08 Å². The number of amides is 1. The monoisotopic (exact) mass is 354 g/mol. The van der Waals surface area contributed by atoms with Gasteiger partial charge in [0.25, 0.3) is 0 Å². The molecule has 0 aliphatic carbocycles. The normalized spacial score (nSPS) is 25.4. The van der Waals surface area contributed by atoms with Crippen molar-refractivity contribution >= 4 is 11.9 Å². The summed E-state index contributed by atoms with van der Waals surface area (Å²) in [4.78, 5) is 25.9. The maximum atomic E-state index is 12.7. The molecule has 1 amide bonds. The molecule has 0 aromatic carbocycles. The lowest BCUT2D eigenvalue weighted by Gasteiger charge is -2.34. The first-order valence-corrected chi connectivity index (χ1v) is 9.14. The lowest BCUT2D eigenvalue weighted by atomic mass is 9.94. The van der Waals surface area contributed by atoms with E-state index in [0.717, 1.165) is 12.8 Å². The molecule has 0 saturated carbocycles. The lowest BCUT2D eigenvalue weighted by molar-refractivity contribution is -0.161. The SMILES string of the molecule is C=CC1CC(C(=O)OC(C)(C)C)N(CCCC)C1C(O)CNC(C)=O. The van der Waals surface area contributed by atoms with E-state index < -0.39 is 17.7 Å². The van der Waals surface area contributed by atoms with Gasteiger partial charge >= 0.3 is 5.97 Å². The highest BCUT2D eigenvalue weighted by atomic mass is 16.6. The van der Waals surface area contributed by atoms with E-state index in [0.29, 0.717) is 13.0 Å². The predicted molar refractivity (Wildman–Crippen MR) is 98.0 cm³/mol. The number of nitrogens with zero attached hydrogens (tertiary/aromatic N) is 1. The Morgan fingerprint density at radius 3 is 2.56 bits per heavy atom. The zero-order valence-electron chi connectivity index (χ0n) is 16.2. The number of likely N-dealkylation sites (tertiary alicyclic amines) is 1. The molecule has 0 spiro atoms. The van der Waals surface area contributed by atoms with Crippen LogP contribution in [-0.2, 0) is 14.3 Å². The molecule has 0 bridgehead atoms. The molecular weight excluding hydrogens is 320 g/mol. The van der Waals surface area contributed by atoms with Gasteiger partial charge in [0.05, 0.1) is 6.10 Å². The first kappa shape index (κ1) is 21.6. The van der Waals surface area contributed by atoms with E-state index >= 15 is 0 Å². The van der Waals surface area contributed by atoms with Crippen LogP contribution >= 0.6 is 0 Å². The summed E-state index contributed by atoms with van der Waals surface area (Å²) in [7, 11) is 0. The van der Waals surface area contributed by atoms with Gasteiger partial charge in [-0.2, -0.15) is 0 Å². The van der Waals surface area contributed by atoms with Crippen molar-refractivity contribution < 1.29 is 19.4 Å². The first-order valence-electron chi connectivity index (χ1n) is 9.14. The van der Waals surface area contributed by atoms with E-state index in [1.165, 1.54) is 6.92 Å². The minimum absolute atomic E-state index is 0.0295. The number of unbranched alkanes of at least 4 members (excludes halogenated alkanes) is 1. The number of carbonyl (C=O) groups excluding carboxylic acids is 2. The average Bonchev–Trinajstić information content (AvgIpc) is 2.87. The zero-order valence-corrected chi connectivity index (χ0v) is 16.2. The number of carbonyl (C=O) groups is 2. The third kappa shape index (κ3) is 6.44. The molecule has 4 unspecified atom stereocenters. The van der Waals surface area contributed by atoms with Crippen LogP contribution in [0.4, 0.5) is 0 Å². The second-order valence-electron chi connectivity index (χ2n) is 7.77. The van der Waals surface area contributed by atoms with Crippen LogP contribution in [0.25, 0.3) is 0 Å². The van der Waals surface area contributed by atoms with Gasteiger partial charge in [-0.05, 0) is 46.1 Å². The van der Waals surface area contributed by atoms with Crippen LogP contribution < -0.4 is 5.32 Å². The van der Waals surface area contributed by atoms with E-state index in [2.05, 4.69) is 18.8 Å². The fourth-order valence-electron chi connectivity index (χ4n) is 3.34. The maximum absolute atomic E-state index is 12.7. The molecule has 6 nitrogen and oxygen atoms in total. The standard InChI is InChI=1S/C19H34N2O4/c1-7-9-10-21-15(18(24)25-19(4,5)6)11-14(8-2)17(21)16(23)12-20-13(3)22/h8,14-17,23H,2,7,9-12H2,1,3-6H3,(H,20,22). The summed E-state index contributed by atoms with van der Waals surface area (Å²) >= 11 is 0. The Morgan fingerprint density at radius 1 is 1.44 bits per heavy atom. The summed E-state index contributed by atoms with van der Waals surface area (Å²) < 4.78 is 5.58. The fourth-order valence-corrected chi connectivity index (χ4v) is 3.34. The molecule has 1 rings (SSSR count). The number of aliphatic hydroxyl groups excluding tert-OH is 1.